The van der Waals surface area contributed by atoms with E-state index in [2.05, 4.69) is 50.5 Å². The van der Waals surface area contributed by atoms with Gasteiger partial charge in [-0.05, 0) is 24.8 Å². The second-order valence-corrected chi connectivity index (χ2v) is 7.32. The fourth-order valence-electron chi connectivity index (χ4n) is 3.82. The Hall–Kier alpha value is -2.18. The maximum atomic E-state index is 5.91. The Kier molecular flexibility index (Phi) is 4.55. The van der Waals surface area contributed by atoms with Crippen LogP contribution in [0.25, 0.3) is 0 Å². The first-order valence-electron chi connectivity index (χ1n) is 9.08. The van der Waals surface area contributed by atoms with Gasteiger partial charge in [-0.15, -0.1) is 0 Å². The Morgan fingerprint density at radius 3 is 2.72 bits per heavy atom. The quantitative estimate of drug-likeness (QED) is 0.771. The van der Waals surface area contributed by atoms with Gasteiger partial charge >= 0.3 is 0 Å². The molecule has 1 aliphatic heterocycles. The molecule has 1 aliphatic carbocycles. The minimum atomic E-state index is 0.305. The van der Waals surface area contributed by atoms with Gasteiger partial charge in [-0.2, -0.15) is 4.98 Å². The van der Waals surface area contributed by atoms with Crippen molar-refractivity contribution in [2.75, 3.05) is 24.1 Å². The summed E-state index contributed by atoms with van der Waals surface area (Å²) in [4.78, 5) is 11.2. The Morgan fingerprint density at radius 1 is 1.16 bits per heavy atom. The zero-order valence-corrected chi connectivity index (χ0v) is 14.4. The highest BCUT2D eigenvalue weighted by atomic mass is 15.2. The van der Waals surface area contributed by atoms with E-state index in [4.69, 9.17) is 11.5 Å². The first-order valence-corrected chi connectivity index (χ1v) is 9.08. The lowest BCUT2D eigenvalue weighted by Crippen LogP contribution is -2.35. The third-order valence-electron chi connectivity index (χ3n) is 5.23. The summed E-state index contributed by atoms with van der Waals surface area (Å²) in [5, 5.41) is 3.55. The van der Waals surface area contributed by atoms with Gasteiger partial charge < -0.3 is 16.8 Å². The molecule has 0 radical (unpaired) electrons. The molecule has 1 atom stereocenters. The van der Waals surface area contributed by atoms with Crippen LogP contribution in [-0.2, 0) is 6.54 Å². The number of benzene rings is 1. The van der Waals surface area contributed by atoms with Crippen LogP contribution in [0.2, 0.25) is 0 Å². The second kappa shape index (κ2) is 6.98. The van der Waals surface area contributed by atoms with Crippen LogP contribution in [0.15, 0.2) is 36.4 Å². The first-order chi connectivity index (χ1) is 12.2. The Labute approximate surface area is 148 Å². The van der Waals surface area contributed by atoms with Gasteiger partial charge in [0.15, 0.2) is 0 Å². The monoisotopic (exact) mass is 338 g/mol. The van der Waals surface area contributed by atoms with Crippen LogP contribution in [0.4, 0.5) is 11.8 Å². The standard InChI is InChI=1S/C19H26N6/c20-15-8-14(9-15)17-10-18(24-19(21)23-17)22-16-6-7-25(12-16)11-13-4-2-1-3-5-13/h1-5,10,14-16H,6-9,11-12,20H2,(H3,21,22,23,24)/t14?,15?,16-/m0/s1. The third-order valence-corrected chi connectivity index (χ3v) is 5.23. The van der Waals surface area contributed by atoms with E-state index in [1.54, 1.807) is 0 Å². The van der Waals surface area contributed by atoms with E-state index in [-0.39, 0.29) is 0 Å². The minimum Gasteiger partial charge on any atom is -0.368 e. The van der Waals surface area contributed by atoms with Crippen molar-refractivity contribution in [3.63, 3.8) is 0 Å². The fraction of sp³-hybridized carbons (Fsp3) is 0.474. The number of rotatable bonds is 5. The van der Waals surface area contributed by atoms with E-state index in [1.165, 1.54) is 5.56 Å². The lowest BCUT2D eigenvalue weighted by molar-refractivity contribution is 0.328. The molecule has 0 bridgehead atoms. The van der Waals surface area contributed by atoms with Gasteiger partial charge in [0.25, 0.3) is 0 Å². The Morgan fingerprint density at radius 2 is 1.96 bits per heavy atom. The summed E-state index contributed by atoms with van der Waals surface area (Å²) in [5.74, 6) is 1.62. The molecule has 2 heterocycles. The highest BCUT2D eigenvalue weighted by Crippen LogP contribution is 2.35. The first kappa shape index (κ1) is 16.3. The summed E-state index contributed by atoms with van der Waals surface area (Å²) < 4.78 is 0. The van der Waals surface area contributed by atoms with E-state index in [0.717, 1.165) is 50.4 Å². The maximum absolute atomic E-state index is 5.91. The summed E-state index contributed by atoms with van der Waals surface area (Å²) >= 11 is 0. The number of hydrogen-bond donors (Lipinski definition) is 3. The van der Waals surface area contributed by atoms with Crippen molar-refractivity contribution in [3.05, 3.63) is 47.7 Å². The molecular formula is C19H26N6. The molecule has 1 saturated heterocycles. The van der Waals surface area contributed by atoms with Crippen LogP contribution < -0.4 is 16.8 Å². The average Bonchev–Trinajstić information content (AvgIpc) is 2.99. The number of anilines is 2. The number of nitrogens with zero attached hydrogens (tertiary/aromatic N) is 3. The molecule has 1 aromatic carbocycles. The number of likely N-dealkylation sites (tertiary alicyclic amines) is 1. The summed E-state index contributed by atoms with van der Waals surface area (Å²) in [5.41, 5.74) is 14.2. The molecule has 5 N–H and O–H groups in total. The van der Waals surface area contributed by atoms with E-state index in [1.807, 2.05) is 6.07 Å². The largest absolute Gasteiger partial charge is 0.368 e. The van der Waals surface area contributed by atoms with Crippen LogP contribution in [-0.4, -0.2) is 40.0 Å². The molecule has 2 fully saturated rings. The molecule has 0 amide bonds. The molecule has 25 heavy (non-hydrogen) atoms. The Balaban J connectivity index is 1.36. The lowest BCUT2D eigenvalue weighted by atomic mass is 9.78. The van der Waals surface area contributed by atoms with Gasteiger partial charge in [0.2, 0.25) is 5.95 Å². The van der Waals surface area contributed by atoms with Crippen LogP contribution in [0, 0.1) is 0 Å². The molecule has 6 nitrogen and oxygen atoms in total. The van der Waals surface area contributed by atoms with E-state index >= 15 is 0 Å². The van der Waals surface area contributed by atoms with Gasteiger partial charge in [-0.1, -0.05) is 30.3 Å². The molecule has 1 saturated carbocycles. The number of nitrogen functional groups attached to an aromatic ring is 1. The normalized spacial score (nSPS) is 26.4. The van der Waals surface area contributed by atoms with Crippen LogP contribution in [0.3, 0.4) is 0 Å². The van der Waals surface area contributed by atoms with Crippen molar-refractivity contribution in [3.8, 4) is 0 Å². The van der Waals surface area contributed by atoms with E-state index in [9.17, 15) is 0 Å². The number of nitrogens with two attached hydrogens (primary N) is 2. The predicted octanol–water partition coefficient (Wildman–Crippen LogP) is 1.95. The third kappa shape index (κ3) is 3.91. The molecule has 1 aromatic heterocycles. The average molecular weight is 338 g/mol. The van der Waals surface area contributed by atoms with Gasteiger partial charge in [0.1, 0.15) is 5.82 Å². The smallest absolute Gasteiger partial charge is 0.222 e. The molecule has 2 aromatic rings. The van der Waals surface area contributed by atoms with Crippen LogP contribution in [0.5, 0.6) is 0 Å². The van der Waals surface area contributed by atoms with Gasteiger partial charge in [0.05, 0.1) is 5.69 Å². The molecule has 0 spiro atoms. The molecule has 132 valence electrons. The van der Waals surface area contributed by atoms with E-state index < -0.39 is 0 Å². The van der Waals surface area contributed by atoms with Crippen molar-refractivity contribution in [1.82, 2.24) is 14.9 Å². The summed E-state index contributed by atoms with van der Waals surface area (Å²) in [6.45, 7) is 3.11. The number of nitrogens with one attached hydrogen (secondary N) is 1. The zero-order valence-electron chi connectivity index (χ0n) is 14.4. The fourth-order valence-corrected chi connectivity index (χ4v) is 3.82. The molecule has 2 aliphatic rings. The summed E-state index contributed by atoms with van der Waals surface area (Å²) in [6, 6.07) is 13.4. The van der Waals surface area contributed by atoms with Crippen LogP contribution in [0.1, 0.15) is 36.4 Å². The van der Waals surface area contributed by atoms with Gasteiger partial charge in [-0.25, -0.2) is 4.98 Å². The van der Waals surface area contributed by atoms with Crippen molar-refractivity contribution >= 4 is 11.8 Å². The molecule has 4 rings (SSSR count). The van der Waals surface area contributed by atoms with Crippen molar-refractivity contribution in [2.45, 2.75) is 43.8 Å². The topological polar surface area (TPSA) is 93.1 Å². The summed E-state index contributed by atoms with van der Waals surface area (Å²) in [6.07, 6.45) is 3.09. The molecule has 0 unspecified atom stereocenters. The van der Waals surface area contributed by atoms with Crippen molar-refractivity contribution in [2.24, 2.45) is 5.73 Å². The van der Waals surface area contributed by atoms with Crippen molar-refractivity contribution in [1.29, 1.82) is 0 Å². The van der Waals surface area contributed by atoms with Crippen LogP contribution >= 0.6 is 0 Å². The number of aromatic nitrogens is 2. The summed E-state index contributed by atoms with van der Waals surface area (Å²) in [7, 11) is 0. The number of hydrogen-bond acceptors (Lipinski definition) is 6. The van der Waals surface area contributed by atoms with Gasteiger partial charge in [-0.3, -0.25) is 4.90 Å². The Bertz CT molecular complexity index is 713. The van der Waals surface area contributed by atoms with Gasteiger partial charge in [0, 0.05) is 43.7 Å². The minimum absolute atomic E-state index is 0.305. The second-order valence-electron chi connectivity index (χ2n) is 7.32. The highest BCUT2D eigenvalue weighted by molar-refractivity contribution is 5.43. The lowest BCUT2D eigenvalue weighted by Gasteiger charge is -2.32. The SMILES string of the molecule is Nc1nc(N[C@H]2CCN(Cc3ccccc3)C2)cc(C2CC(N)C2)n1. The van der Waals surface area contributed by atoms with Crippen molar-refractivity contribution < 1.29 is 0 Å². The van der Waals surface area contributed by atoms with E-state index in [0.29, 0.717) is 23.9 Å². The zero-order chi connectivity index (χ0) is 17.2. The highest BCUT2D eigenvalue weighted by Gasteiger charge is 2.29. The molecule has 6 heteroatoms. The predicted molar refractivity (Wildman–Crippen MR) is 100 cm³/mol. The maximum Gasteiger partial charge on any atom is 0.222 e. The molecular weight excluding hydrogens is 312 g/mol.